The SMILES string of the molecule is CC(C)CN1C(=O)c2ccccc2[C@H]1Nc1ccc(C(=O)N[C@H](Cc2ccccc2)c2ccccc2)cc1. The number of nitrogens with one attached hydrogen (secondary N) is 2. The van der Waals surface area contributed by atoms with Crippen LogP contribution in [0.3, 0.4) is 0 Å². The van der Waals surface area contributed by atoms with Crippen LogP contribution in [0.4, 0.5) is 5.69 Å². The number of nitrogens with zero attached hydrogens (tertiary/aromatic N) is 1. The lowest BCUT2D eigenvalue weighted by Crippen LogP contribution is -2.35. The number of amides is 2. The second kappa shape index (κ2) is 11.3. The zero-order valence-electron chi connectivity index (χ0n) is 21.8. The van der Waals surface area contributed by atoms with E-state index in [1.807, 2.05) is 102 Å². The summed E-state index contributed by atoms with van der Waals surface area (Å²) in [6.07, 6.45) is 0.464. The largest absolute Gasteiger partial charge is 0.361 e. The van der Waals surface area contributed by atoms with E-state index in [1.165, 1.54) is 5.56 Å². The van der Waals surface area contributed by atoms with Gasteiger partial charge in [-0.2, -0.15) is 0 Å². The minimum absolute atomic E-state index is 0.0492. The van der Waals surface area contributed by atoms with Gasteiger partial charge in [0.1, 0.15) is 6.17 Å². The van der Waals surface area contributed by atoms with E-state index in [-0.39, 0.29) is 24.0 Å². The lowest BCUT2D eigenvalue weighted by Gasteiger charge is -2.28. The molecule has 0 radical (unpaired) electrons. The van der Waals surface area contributed by atoms with E-state index in [1.54, 1.807) is 0 Å². The number of benzene rings is 4. The molecule has 0 saturated carbocycles. The normalized spacial score (nSPS) is 15.3. The Bertz CT molecular complexity index is 1380. The van der Waals surface area contributed by atoms with Crippen molar-refractivity contribution in [3.63, 3.8) is 0 Å². The van der Waals surface area contributed by atoms with Crippen molar-refractivity contribution < 1.29 is 9.59 Å². The van der Waals surface area contributed by atoms with E-state index in [0.717, 1.165) is 22.4 Å². The maximum Gasteiger partial charge on any atom is 0.256 e. The Morgan fingerprint density at radius 3 is 2.13 bits per heavy atom. The highest BCUT2D eigenvalue weighted by Crippen LogP contribution is 2.35. The summed E-state index contributed by atoms with van der Waals surface area (Å²) in [5.41, 5.74) is 5.40. The Balaban J connectivity index is 1.32. The van der Waals surface area contributed by atoms with Gasteiger partial charge < -0.3 is 15.5 Å². The number of carbonyl (C=O) groups is 2. The third-order valence-corrected chi connectivity index (χ3v) is 6.86. The topological polar surface area (TPSA) is 61.4 Å². The van der Waals surface area contributed by atoms with Gasteiger partial charge in [0.05, 0.1) is 6.04 Å². The summed E-state index contributed by atoms with van der Waals surface area (Å²) >= 11 is 0. The monoisotopic (exact) mass is 503 g/mol. The van der Waals surface area contributed by atoms with Crippen LogP contribution in [0.15, 0.2) is 109 Å². The molecule has 4 aromatic carbocycles. The zero-order valence-corrected chi connectivity index (χ0v) is 21.8. The van der Waals surface area contributed by atoms with Gasteiger partial charge in [-0.05, 0) is 53.8 Å². The summed E-state index contributed by atoms with van der Waals surface area (Å²) in [5.74, 6) is 0.273. The van der Waals surface area contributed by atoms with Crippen LogP contribution < -0.4 is 10.6 Å². The van der Waals surface area contributed by atoms with E-state index in [4.69, 9.17) is 0 Å². The summed E-state index contributed by atoms with van der Waals surface area (Å²) < 4.78 is 0. The molecule has 2 amide bonds. The number of fused-ring (bicyclic) bond motifs is 1. The molecule has 0 aliphatic carbocycles. The van der Waals surface area contributed by atoms with Crippen molar-refractivity contribution in [2.45, 2.75) is 32.5 Å². The third-order valence-electron chi connectivity index (χ3n) is 6.86. The summed E-state index contributed by atoms with van der Waals surface area (Å²) in [6, 6.07) is 35.3. The number of carbonyl (C=O) groups excluding carboxylic acids is 2. The van der Waals surface area contributed by atoms with Crippen molar-refractivity contribution in [3.8, 4) is 0 Å². The van der Waals surface area contributed by atoms with Crippen LogP contribution in [0, 0.1) is 5.92 Å². The van der Waals surface area contributed by atoms with Gasteiger partial charge in [-0.3, -0.25) is 9.59 Å². The number of rotatable bonds is 9. The van der Waals surface area contributed by atoms with Crippen LogP contribution >= 0.6 is 0 Å². The molecule has 192 valence electrons. The molecule has 5 rings (SSSR count). The van der Waals surface area contributed by atoms with Gasteiger partial charge in [-0.15, -0.1) is 0 Å². The second-order valence-electron chi connectivity index (χ2n) is 10.2. The molecule has 5 heteroatoms. The van der Waals surface area contributed by atoms with Crippen LogP contribution in [-0.4, -0.2) is 23.3 Å². The van der Waals surface area contributed by atoms with E-state index >= 15 is 0 Å². The molecule has 0 saturated heterocycles. The highest BCUT2D eigenvalue weighted by atomic mass is 16.2. The molecular formula is C33H33N3O2. The van der Waals surface area contributed by atoms with Gasteiger partial charge in [-0.25, -0.2) is 0 Å². The van der Waals surface area contributed by atoms with Crippen LogP contribution in [0.2, 0.25) is 0 Å². The summed E-state index contributed by atoms with van der Waals surface area (Å²) in [4.78, 5) is 28.2. The first-order chi connectivity index (χ1) is 18.5. The molecule has 0 bridgehead atoms. The van der Waals surface area contributed by atoms with Crippen molar-refractivity contribution in [2.75, 3.05) is 11.9 Å². The molecule has 0 spiro atoms. The van der Waals surface area contributed by atoms with E-state index < -0.39 is 0 Å². The third kappa shape index (κ3) is 5.62. The van der Waals surface area contributed by atoms with Crippen molar-refractivity contribution in [2.24, 2.45) is 5.92 Å². The molecule has 0 fully saturated rings. The summed E-state index contributed by atoms with van der Waals surface area (Å²) in [7, 11) is 0. The fourth-order valence-electron chi connectivity index (χ4n) is 5.01. The lowest BCUT2D eigenvalue weighted by molar-refractivity contribution is 0.0720. The molecule has 2 N–H and O–H groups in total. The van der Waals surface area contributed by atoms with Gasteiger partial charge in [-0.1, -0.05) is 92.7 Å². The van der Waals surface area contributed by atoms with Crippen LogP contribution in [0.5, 0.6) is 0 Å². The Kier molecular flexibility index (Phi) is 7.55. The average Bonchev–Trinajstić information content (AvgIpc) is 3.20. The molecule has 1 heterocycles. The first-order valence-corrected chi connectivity index (χ1v) is 13.2. The maximum atomic E-state index is 13.3. The Morgan fingerprint density at radius 2 is 1.45 bits per heavy atom. The smallest absolute Gasteiger partial charge is 0.256 e. The molecule has 1 aliphatic rings. The number of hydrogen-bond acceptors (Lipinski definition) is 3. The van der Waals surface area contributed by atoms with E-state index in [0.29, 0.717) is 24.4 Å². The highest BCUT2D eigenvalue weighted by Gasteiger charge is 2.36. The highest BCUT2D eigenvalue weighted by molar-refractivity contribution is 5.99. The molecular weight excluding hydrogens is 470 g/mol. The Labute approximate surface area is 224 Å². The van der Waals surface area contributed by atoms with Gasteiger partial charge in [0.2, 0.25) is 0 Å². The molecule has 4 aromatic rings. The lowest BCUT2D eigenvalue weighted by atomic mass is 9.98. The number of anilines is 1. The Hall–Kier alpha value is -4.38. The fourth-order valence-corrected chi connectivity index (χ4v) is 5.01. The fraction of sp³-hybridized carbons (Fsp3) is 0.212. The quantitative estimate of drug-likeness (QED) is 0.270. The van der Waals surface area contributed by atoms with E-state index in [9.17, 15) is 9.59 Å². The van der Waals surface area contributed by atoms with Crippen LogP contribution in [-0.2, 0) is 6.42 Å². The standard InChI is InChI=1S/C33H33N3O2/c1-23(2)22-36-31(28-15-9-10-16-29(28)33(36)38)34-27-19-17-26(18-20-27)32(37)35-30(25-13-7-4-8-14-25)21-24-11-5-3-6-12-24/h3-20,23,30-31,34H,21-22H2,1-2H3,(H,35,37)/t30-,31+/m1/s1. The first kappa shape index (κ1) is 25.3. The number of hydrogen-bond donors (Lipinski definition) is 2. The van der Waals surface area contributed by atoms with Gasteiger partial charge >= 0.3 is 0 Å². The molecule has 38 heavy (non-hydrogen) atoms. The predicted molar refractivity (Wildman–Crippen MR) is 152 cm³/mol. The maximum absolute atomic E-state index is 13.3. The van der Waals surface area contributed by atoms with Gasteiger partial charge in [0.15, 0.2) is 0 Å². The van der Waals surface area contributed by atoms with Crippen LogP contribution in [0.1, 0.15) is 63.5 Å². The van der Waals surface area contributed by atoms with Crippen molar-refractivity contribution in [1.29, 1.82) is 0 Å². The predicted octanol–water partition coefficient (Wildman–Crippen LogP) is 6.62. The van der Waals surface area contributed by atoms with E-state index in [2.05, 4.69) is 36.6 Å². The zero-order chi connectivity index (χ0) is 26.5. The Morgan fingerprint density at radius 1 is 0.816 bits per heavy atom. The van der Waals surface area contributed by atoms with Crippen molar-refractivity contribution >= 4 is 17.5 Å². The molecule has 0 aromatic heterocycles. The first-order valence-electron chi connectivity index (χ1n) is 13.2. The molecule has 2 atom stereocenters. The summed E-state index contributed by atoms with van der Waals surface area (Å²) in [5, 5.41) is 6.75. The molecule has 1 aliphatic heterocycles. The molecule has 0 unspecified atom stereocenters. The minimum Gasteiger partial charge on any atom is -0.361 e. The van der Waals surface area contributed by atoms with Crippen molar-refractivity contribution in [1.82, 2.24) is 10.2 Å². The van der Waals surface area contributed by atoms with Gasteiger partial charge in [0, 0.05) is 28.9 Å². The van der Waals surface area contributed by atoms with Crippen molar-refractivity contribution in [3.05, 3.63) is 137 Å². The second-order valence-corrected chi connectivity index (χ2v) is 10.2. The molecule has 5 nitrogen and oxygen atoms in total. The average molecular weight is 504 g/mol. The van der Waals surface area contributed by atoms with Crippen LogP contribution in [0.25, 0.3) is 0 Å². The van der Waals surface area contributed by atoms with Gasteiger partial charge in [0.25, 0.3) is 11.8 Å². The summed E-state index contributed by atoms with van der Waals surface area (Å²) in [6.45, 7) is 4.89. The minimum atomic E-state index is -0.242.